The van der Waals surface area contributed by atoms with Gasteiger partial charge in [-0.15, -0.1) is 0 Å². The van der Waals surface area contributed by atoms with Gasteiger partial charge in [-0.25, -0.2) is 4.39 Å². The monoisotopic (exact) mass is 279 g/mol. The van der Waals surface area contributed by atoms with Crippen LogP contribution < -0.4 is 16.0 Å². The van der Waals surface area contributed by atoms with Gasteiger partial charge in [0.1, 0.15) is 5.82 Å². The Kier molecular flexibility index (Phi) is 4.28. The van der Waals surface area contributed by atoms with Gasteiger partial charge in [0, 0.05) is 37.8 Å². The molecule has 2 unspecified atom stereocenters. The number of rotatable bonds is 3. The predicted octanol–water partition coefficient (Wildman–Crippen LogP) is 1.87. The molecule has 4 nitrogen and oxygen atoms in total. The first-order valence-corrected chi connectivity index (χ1v) is 6.96. The maximum Gasteiger partial charge on any atom is 0.217 e. The number of anilines is 1. The summed E-state index contributed by atoms with van der Waals surface area (Å²) in [6.07, 6.45) is 0.897. The molecule has 1 aromatic carbocycles. The Morgan fingerprint density at radius 3 is 2.85 bits per heavy atom. The number of hydrogen-bond donors (Lipinski definition) is 2. The zero-order chi connectivity index (χ0) is 14.9. The molecule has 0 saturated carbocycles. The van der Waals surface area contributed by atoms with Gasteiger partial charge >= 0.3 is 0 Å². The van der Waals surface area contributed by atoms with Crippen LogP contribution in [0.5, 0.6) is 0 Å². The van der Waals surface area contributed by atoms with E-state index in [2.05, 4.69) is 10.2 Å². The summed E-state index contributed by atoms with van der Waals surface area (Å²) in [5.74, 6) is -0.238. The molecule has 1 saturated heterocycles. The van der Waals surface area contributed by atoms with Crippen LogP contribution in [0.2, 0.25) is 0 Å². The topological polar surface area (TPSA) is 58.4 Å². The normalized spacial score (nSPS) is 20.1. The molecule has 1 aliphatic heterocycles. The fourth-order valence-electron chi connectivity index (χ4n) is 2.70. The number of carbonyl (C=O) groups excluding carboxylic acids is 1. The number of amides is 1. The molecule has 1 aromatic rings. The summed E-state index contributed by atoms with van der Waals surface area (Å²) in [4.78, 5) is 13.3. The highest BCUT2D eigenvalue weighted by Crippen LogP contribution is 2.30. The molecule has 20 heavy (non-hydrogen) atoms. The Balaban J connectivity index is 2.25. The molecule has 1 heterocycles. The summed E-state index contributed by atoms with van der Waals surface area (Å²) in [7, 11) is 0. The van der Waals surface area contributed by atoms with Gasteiger partial charge in [-0.2, -0.15) is 0 Å². The summed E-state index contributed by atoms with van der Waals surface area (Å²) in [5.41, 5.74) is 8.37. The average molecular weight is 279 g/mol. The van der Waals surface area contributed by atoms with Crippen LogP contribution in [0.1, 0.15) is 37.4 Å². The third kappa shape index (κ3) is 3.10. The highest BCUT2D eigenvalue weighted by molar-refractivity contribution is 5.73. The molecule has 2 atom stereocenters. The lowest BCUT2D eigenvalue weighted by Gasteiger charge is -2.24. The number of benzene rings is 1. The molecule has 0 spiro atoms. The van der Waals surface area contributed by atoms with Crippen molar-refractivity contribution in [3.63, 3.8) is 0 Å². The molecule has 3 N–H and O–H groups in total. The Labute approximate surface area is 119 Å². The van der Waals surface area contributed by atoms with Crippen LogP contribution in [0, 0.1) is 12.7 Å². The van der Waals surface area contributed by atoms with Crippen molar-refractivity contribution in [1.29, 1.82) is 0 Å². The fraction of sp³-hybridized carbons (Fsp3) is 0.533. The first-order valence-electron chi connectivity index (χ1n) is 6.96. The molecule has 110 valence electrons. The lowest BCUT2D eigenvalue weighted by molar-refractivity contribution is -0.119. The molecule has 0 aliphatic carbocycles. The summed E-state index contributed by atoms with van der Waals surface area (Å²) in [5, 5.41) is 2.93. The van der Waals surface area contributed by atoms with Gasteiger partial charge in [0.05, 0.1) is 0 Å². The van der Waals surface area contributed by atoms with Crippen LogP contribution in [-0.2, 0) is 4.79 Å². The van der Waals surface area contributed by atoms with Crippen molar-refractivity contribution < 1.29 is 9.18 Å². The van der Waals surface area contributed by atoms with Crippen LogP contribution in [0.4, 0.5) is 10.1 Å². The second-order valence-electron chi connectivity index (χ2n) is 5.58. The van der Waals surface area contributed by atoms with Crippen molar-refractivity contribution in [3.05, 3.63) is 29.1 Å². The number of nitrogens with one attached hydrogen (secondary N) is 1. The number of hydrogen-bond acceptors (Lipinski definition) is 3. The highest BCUT2D eigenvalue weighted by atomic mass is 19.1. The second-order valence-corrected chi connectivity index (χ2v) is 5.58. The number of nitrogens with two attached hydrogens (primary N) is 1. The summed E-state index contributed by atoms with van der Waals surface area (Å²) in [6, 6.07) is 3.31. The minimum atomic E-state index is -0.223. The van der Waals surface area contributed by atoms with E-state index >= 15 is 0 Å². The molecule has 1 amide bonds. The third-order valence-corrected chi connectivity index (χ3v) is 3.73. The van der Waals surface area contributed by atoms with Crippen LogP contribution in [0.3, 0.4) is 0 Å². The highest BCUT2D eigenvalue weighted by Gasteiger charge is 2.26. The Hall–Kier alpha value is -1.62. The quantitative estimate of drug-likeness (QED) is 0.888. The smallest absolute Gasteiger partial charge is 0.217 e. The van der Waals surface area contributed by atoms with Gasteiger partial charge in [-0.05, 0) is 43.5 Å². The average Bonchev–Trinajstić information content (AvgIpc) is 2.79. The first-order chi connectivity index (χ1) is 9.38. The maximum atomic E-state index is 13.7. The molecular formula is C15H22FN3O. The van der Waals surface area contributed by atoms with Crippen molar-refractivity contribution in [2.75, 3.05) is 18.0 Å². The predicted molar refractivity (Wildman–Crippen MR) is 78.2 cm³/mol. The van der Waals surface area contributed by atoms with E-state index in [1.165, 1.54) is 13.0 Å². The summed E-state index contributed by atoms with van der Waals surface area (Å²) < 4.78 is 13.7. The zero-order valence-corrected chi connectivity index (χ0v) is 12.2. The zero-order valence-electron chi connectivity index (χ0n) is 12.2. The summed E-state index contributed by atoms with van der Waals surface area (Å²) in [6.45, 7) is 6.72. The third-order valence-electron chi connectivity index (χ3n) is 3.73. The van der Waals surface area contributed by atoms with Crippen molar-refractivity contribution in [2.45, 2.75) is 39.3 Å². The molecule has 0 aromatic heterocycles. The van der Waals surface area contributed by atoms with Crippen LogP contribution in [0.25, 0.3) is 0 Å². The van der Waals surface area contributed by atoms with Gasteiger partial charge in [0.25, 0.3) is 0 Å². The fourth-order valence-corrected chi connectivity index (χ4v) is 2.70. The molecule has 1 fully saturated rings. The number of halogens is 1. The van der Waals surface area contributed by atoms with E-state index in [0.717, 1.165) is 30.8 Å². The molecule has 0 bridgehead atoms. The Morgan fingerprint density at radius 2 is 2.25 bits per heavy atom. The molecule has 1 aliphatic rings. The van der Waals surface area contributed by atoms with E-state index in [4.69, 9.17) is 5.73 Å². The summed E-state index contributed by atoms with van der Waals surface area (Å²) >= 11 is 0. The van der Waals surface area contributed by atoms with Gasteiger partial charge < -0.3 is 16.0 Å². The van der Waals surface area contributed by atoms with E-state index in [-0.39, 0.29) is 23.8 Å². The van der Waals surface area contributed by atoms with Crippen molar-refractivity contribution >= 4 is 11.6 Å². The standard InChI is InChI=1S/C15H22FN3O/c1-9-6-15(13(10(2)17)7-14(9)16)19-5-4-12(8-19)18-11(3)20/h6-7,10,12H,4-5,8,17H2,1-3H3,(H,18,20). The Bertz CT molecular complexity index is 516. The number of nitrogens with zero attached hydrogens (tertiary/aromatic N) is 1. The SMILES string of the molecule is CC(=O)NC1CCN(c2cc(C)c(F)cc2C(C)N)C1. The van der Waals surface area contributed by atoms with E-state index in [1.807, 2.05) is 13.0 Å². The van der Waals surface area contributed by atoms with Crippen LogP contribution in [-0.4, -0.2) is 25.0 Å². The number of carbonyl (C=O) groups is 1. The van der Waals surface area contributed by atoms with E-state index in [0.29, 0.717) is 5.56 Å². The maximum absolute atomic E-state index is 13.7. The van der Waals surface area contributed by atoms with Crippen LogP contribution in [0.15, 0.2) is 12.1 Å². The van der Waals surface area contributed by atoms with Crippen LogP contribution >= 0.6 is 0 Å². The second kappa shape index (κ2) is 5.79. The van der Waals surface area contributed by atoms with Gasteiger partial charge in [0.15, 0.2) is 0 Å². The lowest BCUT2D eigenvalue weighted by atomic mass is 10.0. The van der Waals surface area contributed by atoms with E-state index < -0.39 is 0 Å². The minimum absolute atomic E-state index is 0.0143. The minimum Gasteiger partial charge on any atom is -0.369 e. The lowest BCUT2D eigenvalue weighted by Crippen LogP contribution is -2.35. The molecule has 5 heteroatoms. The Morgan fingerprint density at radius 1 is 1.55 bits per heavy atom. The molecule has 2 rings (SSSR count). The molecular weight excluding hydrogens is 257 g/mol. The van der Waals surface area contributed by atoms with Gasteiger partial charge in [0.2, 0.25) is 5.91 Å². The van der Waals surface area contributed by atoms with Crippen molar-refractivity contribution in [1.82, 2.24) is 5.32 Å². The molecule has 0 radical (unpaired) electrons. The van der Waals surface area contributed by atoms with E-state index in [9.17, 15) is 9.18 Å². The van der Waals surface area contributed by atoms with Gasteiger partial charge in [-0.1, -0.05) is 0 Å². The number of aryl methyl sites for hydroxylation is 1. The van der Waals surface area contributed by atoms with Gasteiger partial charge in [-0.3, -0.25) is 4.79 Å². The first kappa shape index (κ1) is 14.8. The largest absolute Gasteiger partial charge is 0.369 e. The van der Waals surface area contributed by atoms with Crippen molar-refractivity contribution in [3.8, 4) is 0 Å². The van der Waals surface area contributed by atoms with E-state index in [1.54, 1.807) is 6.92 Å². The van der Waals surface area contributed by atoms with Crippen molar-refractivity contribution in [2.24, 2.45) is 5.73 Å².